The lowest BCUT2D eigenvalue weighted by Crippen LogP contribution is -2.47. The molecule has 0 saturated heterocycles. The molecule has 5 heteroatoms. The lowest BCUT2D eigenvalue weighted by Gasteiger charge is -2.27. The molecule has 0 amide bonds. The van der Waals surface area contributed by atoms with Crippen LogP contribution in [0.3, 0.4) is 0 Å². The van der Waals surface area contributed by atoms with Gasteiger partial charge in [-0.2, -0.15) is 0 Å². The molecule has 2 aromatic carbocycles. The van der Waals surface area contributed by atoms with Gasteiger partial charge in [-0.3, -0.25) is 9.59 Å². The van der Waals surface area contributed by atoms with E-state index in [1.54, 1.807) is 37.3 Å². The second-order valence-corrected chi connectivity index (χ2v) is 5.10. The number of carboxylic acids is 1. The molecule has 0 aromatic heterocycles. The Morgan fingerprint density at radius 2 is 1.70 bits per heavy atom. The molecule has 1 N–H and O–H groups in total. The first-order valence-electron chi connectivity index (χ1n) is 7.21. The fourth-order valence-electron chi connectivity index (χ4n) is 2.47. The molecule has 120 valence electrons. The number of ether oxygens (including phenoxy) is 1. The summed E-state index contributed by atoms with van der Waals surface area (Å²) in [6.45, 7) is 1.67. The van der Waals surface area contributed by atoms with Gasteiger partial charge in [0.15, 0.2) is 5.41 Å². The first-order valence-corrected chi connectivity index (χ1v) is 7.21. The van der Waals surface area contributed by atoms with Crippen LogP contribution in [0.25, 0.3) is 0 Å². The predicted octanol–water partition coefficient (Wildman–Crippen LogP) is 2.95. The summed E-state index contributed by atoms with van der Waals surface area (Å²) in [4.78, 5) is 24.5. The maximum Gasteiger partial charge on any atom is 0.328 e. The van der Waals surface area contributed by atoms with Crippen LogP contribution in [0, 0.1) is 5.82 Å². The summed E-state index contributed by atoms with van der Waals surface area (Å²) in [5.41, 5.74) is -1.05. The van der Waals surface area contributed by atoms with Crippen molar-refractivity contribution in [2.24, 2.45) is 0 Å². The molecule has 0 aliphatic heterocycles. The second-order valence-electron chi connectivity index (χ2n) is 5.10. The van der Waals surface area contributed by atoms with Crippen LogP contribution in [-0.2, 0) is 26.2 Å². The molecule has 4 nitrogen and oxygen atoms in total. The van der Waals surface area contributed by atoms with Crippen molar-refractivity contribution in [1.82, 2.24) is 0 Å². The van der Waals surface area contributed by atoms with E-state index in [-0.39, 0.29) is 18.6 Å². The Kier molecular flexibility index (Phi) is 5.11. The zero-order valence-corrected chi connectivity index (χ0v) is 12.7. The SMILES string of the molecule is CCOC(=O)C(Cc1ccccc1)(C(=O)O)c1ccc(F)cc1. The molecule has 1 atom stereocenters. The smallest absolute Gasteiger partial charge is 0.328 e. The molecule has 0 bridgehead atoms. The van der Waals surface area contributed by atoms with Crippen LogP contribution < -0.4 is 0 Å². The van der Waals surface area contributed by atoms with Gasteiger partial charge in [0.25, 0.3) is 0 Å². The summed E-state index contributed by atoms with van der Waals surface area (Å²) in [5.74, 6) is -2.69. The molecule has 0 aliphatic carbocycles. The van der Waals surface area contributed by atoms with Crippen molar-refractivity contribution in [1.29, 1.82) is 0 Å². The van der Waals surface area contributed by atoms with E-state index in [0.29, 0.717) is 5.56 Å². The van der Waals surface area contributed by atoms with Gasteiger partial charge in [-0.1, -0.05) is 42.5 Å². The lowest BCUT2D eigenvalue weighted by molar-refractivity contribution is -0.161. The van der Waals surface area contributed by atoms with Gasteiger partial charge in [-0.15, -0.1) is 0 Å². The van der Waals surface area contributed by atoms with Gasteiger partial charge < -0.3 is 9.84 Å². The number of carbonyl (C=O) groups is 2. The minimum atomic E-state index is -1.91. The number of carbonyl (C=O) groups excluding carboxylic acids is 1. The highest BCUT2D eigenvalue weighted by atomic mass is 19.1. The normalized spacial score (nSPS) is 13.1. The second kappa shape index (κ2) is 7.05. The summed E-state index contributed by atoms with van der Waals surface area (Å²) >= 11 is 0. The van der Waals surface area contributed by atoms with E-state index in [0.717, 1.165) is 12.1 Å². The van der Waals surface area contributed by atoms with Crippen LogP contribution in [0.2, 0.25) is 0 Å². The number of aliphatic carboxylic acids is 1. The molecule has 0 spiro atoms. The molecule has 1 unspecified atom stereocenters. The molecule has 2 rings (SSSR count). The Balaban J connectivity index is 2.57. The first kappa shape index (κ1) is 16.7. The van der Waals surface area contributed by atoms with E-state index in [1.807, 2.05) is 0 Å². The van der Waals surface area contributed by atoms with Crippen molar-refractivity contribution in [3.63, 3.8) is 0 Å². The minimum Gasteiger partial charge on any atom is -0.480 e. The van der Waals surface area contributed by atoms with E-state index in [9.17, 15) is 19.1 Å². The average molecular weight is 316 g/mol. The van der Waals surface area contributed by atoms with Crippen LogP contribution in [0.15, 0.2) is 54.6 Å². The Morgan fingerprint density at radius 3 is 2.22 bits per heavy atom. The Morgan fingerprint density at radius 1 is 1.09 bits per heavy atom. The standard InChI is InChI=1S/C18H17FO4/c1-2-23-17(22)18(16(20)21,12-13-6-4-3-5-7-13)14-8-10-15(19)11-9-14/h3-11H,2,12H2,1H3,(H,20,21). The molecule has 2 aromatic rings. The Bertz CT molecular complexity index is 682. The van der Waals surface area contributed by atoms with Gasteiger partial charge in [0.05, 0.1) is 6.61 Å². The van der Waals surface area contributed by atoms with Gasteiger partial charge >= 0.3 is 11.9 Å². The number of rotatable bonds is 6. The highest BCUT2D eigenvalue weighted by Gasteiger charge is 2.49. The Labute approximate surface area is 133 Å². The van der Waals surface area contributed by atoms with Crippen LogP contribution in [0.4, 0.5) is 4.39 Å². The maximum absolute atomic E-state index is 13.2. The van der Waals surface area contributed by atoms with Crippen molar-refractivity contribution in [2.45, 2.75) is 18.8 Å². The lowest BCUT2D eigenvalue weighted by atomic mass is 9.75. The third-order valence-electron chi connectivity index (χ3n) is 3.64. The van der Waals surface area contributed by atoms with E-state index in [2.05, 4.69) is 0 Å². The molecule has 0 radical (unpaired) electrons. The third-order valence-corrected chi connectivity index (χ3v) is 3.64. The largest absolute Gasteiger partial charge is 0.480 e. The molecule has 0 heterocycles. The number of halogens is 1. The van der Waals surface area contributed by atoms with Gasteiger partial charge in [-0.25, -0.2) is 4.39 Å². The summed E-state index contributed by atoms with van der Waals surface area (Å²) < 4.78 is 18.2. The maximum atomic E-state index is 13.2. The number of hydrogen-bond donors (Lipinski definition) is 1. The fourth-order valence-corrected chi connectivity index (χ4v) is 2.47. The van der Waals surface area contributed by atoms with Gasteiger partial charge in [-0.05, 0) is 30.2 Å². The molecule has 0 fully saturated rings. The molecular formula is C18H17FO4. The summed E-state index contributed by atoms with van der Waals surface area (Å²) in [7, 11) is 0. The van der Waals surface area contributed by atoms with Crippen molar-refractivity contribution in [2.75, 3.05) is 6.61 Å². The quantitative estimate of drug-likeness (QED) is 0.657. The predicted molar refractivity (Wildman–Crippen MR) is 82.5 cm³/mol. The van der Waals surface area contributed by atoms with Gasteiger partial charge in [0.2, 0.25) is 0 Å². The van der Waals surface area contributed by atoms with E-state index >= 15 is 0 Å². The van der Waals surface area contributed by atoms with Crippen LogP contribution in [0.1, 0.15) is 18.1 Å². The number of benzene rings is 2. The molecule has 23 heavy (non-hydrogen) atoms. The zero-order chi connectivity index (χ0) is 16.9. The van der Waals surface area contributed by atoms with Gasteiger partial charge in [0, 0.05) is 6.42 Å². The number of esters is 1. The van der Waals surface area contributed by atoms with Crippen molar-refractivity contribution < 1.29 is 23.8 Å². The van der Waals surface area contributed by atoms with E-state index in [4.69, 9.17) is 4.74 Å². The van der Waals surface area contributed by atoms with E-state index < -0.39 is 23.2 Å². The highest BCUT2D eigenvalue weighted by molar-refractivity contribution is 6.05. The summed E-state index contributed by atoms with van der Waals surface area (Å²) in [6, 6.07) is 13.7. The van der Waals surface area contributed by atoms with Gasteiger partial charge in [0.1, 0.15) is 5.82 Å². The molecule has 0 saturated carbocycles. The number of hydrogen-bond acceptors (Lipinski definition) is 3. The van der Waals surface area contributed by atoms with Crippen molar-refractivity contribution >= 4 is 11.9 Å². The zero-order valence-electron chi connectivity index (χ0n) is 12.7. The van der Waals surface area contributed by atoms with Crippen LogP contribution in [0.5, 0.6) is 0 Å². The van der Waals surface area contributed by atoms with Crippen molar-refractivity contribution in [3.8, 4) is 0 Å². The van der Waals surface area contributed by atoms with Crippen LogP contribution >= 0.6 is 0 Å². The third kappa shape index (κ3) is 3.39. The summed E-state index contributed by atoms with van der Waals surface area (Å²) in [5, 5.41) is 9.81. The highest BCUT2D eigenvalue weighted by Crippen LogP contribution is 2.31. The average Bonchev–Trinajstić information content (AvgIpc) is 2.54. The van der Waals surface area contributed by atoms with Crippen LogP contribution in [-0.4, -0.2) is 23.7 Å². The number of carboxylic acid groups (broad SMARTS) is 1. The Hall–Kier alpha value is -2.69. The molecular weight excluding hydrogens is 299 g/mol. The summed E-state index contributed by atoms with van der Waals surface area (Å²) in [6.07, 6.45) is -0.0758. The first-order chi connectivity index (χ1) is 11.0. The fraction of sp³-hybridized carbons (Fsp3) is 0.222. The minimum absolute atomic E-state index is 0.0594. The monoisotopic (exact) mass is 316 g/mol. The van der Waals surface area contributed by atoms with E-state index in [1.165, 1.54) is 12.1 Å². The van der Waals surface area contributed by atoms with Crippen molar-refractivity contribution in [3.05, 3.63) is 71.5 Å². The topological polar surface area (TPSA) is 63.6 Å². The molecule has 0 aliphatic rings.